The van der Waals surface area contributed by atoms with E-state index in [1.165, 1.54) is 19.3 Å². The van der Waals surface area contributed by atoms with Crippen LogP contribution in [0.4, 0.5) is 0 Å². The topological polar surface area (TPSA) is 30.5 Å². The summed E-state index contributed by atoms with van der Waals surface area (Å²) >= 11 is 0. The average molecular weight is 267 g/mol. The fourth-order valence-electron chi connectivity index (χ4n) is 3.45. The lowest BCUT2D eigenvalue weighted by Gasteiger charge is -2.45. The highest BCUT2D eigenvalue weighted by atomic mass is 16.5. The quantitative estimate of drug-likeness (QED) is 0.751. The minimum absolute atomic E-state index is 0.106. The van der Waals surface area contributed by atoms with Crippen LogP contribution in [-0.4, -0.2) is 38.0 Å². The van der Waals surface area contributed by atoms with E-state index >= 15 is 0 Å². The molecule has 0 saturated carbocycles. The molecule has 0 radical (unpaired) electrons. The van der Waals surface area contributed by atoms with Gasteiger partial charge in [-0.15, -0.1) is 6.58 Å². The van der Waals surface area contributed by atoms with Crippen LogP contribution in [0.25, 0.3) is 0 Å². The predicted molar refractivity (Wildman–Crippen MR) is 78.4 cm³/mol. The molecule has 0 amide bonds. The van der Waals surface area contributed by atoms with E-state index in [-0.39, 0.29) is 5.60 Å². The van der Waals surface area contributed by atoms with Gasteiger partial charge in [0.1, 0.15) is 0 Å². The summed E-state index contributed by atoms with van der Waals surface area (Å²) in [4.78, 5) is 0. The number of hydrogen-bond acceptors (Lipinski definition) is 3. The number of nitrogens with one attached hydrogen (secondary N) is 1. The lowest BCUT2D eigenvalue weighted by Crippen LogP contribution is -2.49. The van der Waals surface area contributed by atoms with Crippen molar-refractivity contribution < 1.29 is 9.47 Å². The van der Waals surface area contributed by atoms with Crippen LogP contribution >= 0.6 is 0 Å². The highest BCUT2D eigenvalue weighted by Crippen LogP contribution is 2.38. The van der Waals surface area contributed by atoms with Crippen LogP contribution in [-0.2, 0) is 9.47 Å². The molecule has 3 heteroatoms. The zero-order valence-electron chi connectivity index (χ0n) is 12.3. The Kier molecular flexibility index (Phi) is 5.86. The minimum atomic E-state index is 0.106. The Morgan fingerprint density at radius 3 is 2.84 bits per heavy atom. The van der Waals surface area contributed by atoms with E-state index in [1.54, 1.807) is 0 Å². The molecular formula is C16H29NO2. The molecule has 1 N–H and O–H groups in total. The van der Waals surface area contributed by atoms with Gasteiger partial charge in [0.05, 0.1) is 5.60 Å². The normalized spacial score (nSPS) is 28.2. The number of ether oxygens (including phenoxy) is 2. The van der Waals surface area contributed by atoms with Crippen LogP contribution in [0.3, 0.4) is 0 Å². The van der Waals surface area contributed by atoms with Gasteiger partial charge < -0.3 is 14.8 Å². The van der Waals surface area contributed by atoms with Crippen molar-refractivity contribution in [2.24, 2.45) is 5.92 Å². The first-order chi connectivity index (χ1) is 9.29. The Labute approximate surface area is 117 Å². The van der Waals surface area contributed by atoms with E-state index in [0.717, 1.165) is 51.5 Å². The molecule has 19 heavy (non-hydrogen) atoms. The summed E-state index contributed by atoms with van der Waals surface area (Å²) in [6, 6.07) is 0.570. The molecule has 2 rings (SSSR count). The Hall–Kier alpha value is -0.380. The monoisotopic (exact) mass is 267 g/mol. The van der Waals surface area contributed by atoms with Crippen LogP contribution in [0, 0.1) is 5.92 Å². The van der Waals surface area contributed by atoms with Gasteiger partial charge in [-0.25, -0.2) is 0 Å². The molecule has 0 aromatic heterocycles. The molecule has 3 nitrogen and oxygen atoms in total. The molecule has 2 aliphatic heterocycles. The highest BCUT2D eigenvalue weighted by Gasteiger charge is 2.40. The van der Waals surface area contributed by atoms with Crippen molar-refractivity contribution in [3.63, 3.8) is 0 Å². The Morgan fingerprint density at radius 1 is 1.37 bits per heavy atom. The summed E-state index contributed by atoms with van der Waals surface area (Å²) in [6.45, 7) is 9.88. The van der Waals surface area contributed by atoms with Crippen molar-refractivity contribution in [1.29, 1.82) is 0 Å². The van der Waals surface area contributed by atoms with E-state index in [4.69, 9.17) is 9.47 Å². The van der Waals surface area contributed by atoms with E-state index in [1.807, 2.05) is 0 Å². The fourth-order valence-corrected chi connectivity index (χ4v) is 3.45. The van der Waals surface area contributed by atoms with Crippen molar-refractivity contribution in [3.05, 3.63) is 12.7 Å². The second kappa shape index (κ2) is 7.41. The molecule has 110 valence electrons. The maximum Gasteiger partial charge on any atom is 0.0729 e. The van der Waals surface area contributed by atoms with Gasteiger partial charge in [0.25, 0.3) is 0 Å². The maximum absolute atomic E-state index is 6.14. The lowest BCUT2D eigenvalue weighted by atomic mass is 9.77. The summed E-state index contributed by atoms with van der Waals surface area (Å²) in [5.41, 5.74) is 0.106. The van der Waals surface area contributed by atoms with E-state index < -0.39 is 0 Å². The third-order valence-electron chi connectivity index (χ3n) is 4.58. The van der Waals surface area contributed by atoms with Crippen molar-refractivity contribution in [1.82, 2.24) is 5.32 Å². The third-order valence-corrected chi connectivity index (χ3v) is 4.58. The lowest BCUT2D eigenvalue weighted by molar-refractivity contribution is -0.150. The second-order valence-corrected chi connectivity index (χ2v) is 5.98. The Bertz CT molecular complexity index is 268. The molecule has 2 atom stereocenters. The fraction of sp³-hybridized carbons (Fsp3) is 0.875. The van der Waals surface area contributed by atoms with E-state index in [0.29, 0.717) is 6.04 Å². The summed E-state index contributed by atoms with van der Waals surface area (Å²) in [6.07, 6.45) is 8.81. The van der Waals surface area contributed by atoms with Gasteiger partial charge in [-0.2, -0.15) is 0 Å². The van der Waals surface area contributed by atoms with Crippen LogP contribution in [0.15, 0.2) is 12.7 Å². The predicted octanol–water partition coefficient (Wildman–Crippen LogP) is 2.91. The molecule has 2 saturated heterocycles. The van der Waals surface area contributed by atoms with Crippen molar-refractivity contribution in [3.8, 4) is 0 Å². The molecule has 0 aromatic rings. The molecule has 2 aliphatic rings. The maximum atomic E-state index is 6.14. The first-order valence-electron chi connectivity index (χ1n) is 7.85. The van der Waals surface area contributed by atoms with Gasteiger partial charge in [-0.1, -0.05) is 13.0 Å². The standard InChI is InChI=1S/C16H29NO2/c1-3-5-15(17-9-4-2)14-6-10-19-16(13-14)7-11-18-12-8-16/h3,14-15,17H,1,4-13H2,2H3. The first-order valence-corrected chi connectivity index (χ1v) is 7.85. The minimum Gasteiger partial charge on any atom is -0.381 e. The molecular weight excluding hydrogens is 238 g/mol. The van der Waals surface area contributed by atoms with E-state index in [2.05, 4.69) is 24.9 Å². The third kappa shape index (κ3) is 4.04. The summed E-state index contributed by atoms with van der Waals surface area (Å²) in [5, 5.41) is 3.70. The first kappa shape index (κ1) is 15.0. The van der Waals surface area contributed by atoms with Gasteiger partial charge in [-0.05, 0) is 51.0 Å². The molecule has 0 aliphatic carbocycles. The van der Waals surface area contributed by atoms with Gasteiger partial charge in [-0.3, -0.25) is 0 Å². The van der Waals surface area contributed by atoms with Crippen LogP contribution in [0.1, 0.15) is 45.4 Å². The smallest absolute Gasteiger partial charge is 0.0729 e. The Morgan fingerprint density at radius 2 is 2.16 bits per heavy atom. The molecule has 2 fully saturated rings. The van der Waals surface area contributed by atoms with Gasteiger partial charge in [0, 0.05) is 25.9 Å². The van der Waals surface area contributed by atoms with Crippen LogP contribution in [0.5, 0.6) is 0 Å². The summed E-state index contributed by atoms with van der Waals surface area (Å²) in [5.74, 6) is 0.719. The average Bonchev–Trinajstić information content (AvgIpc) is 2.44. The number of rotatable bonds is 6. The summed E-state index contributed by atoms with van der Waals surface area (Å²) < 4.78 is 11.6. The SMILES string of the molecule is C=CCC(NCCC)C1CCOC2(CCOCC2)C1. The largest absolute Gasteiger partial charge is 0.381 e. The van der Waals surface area contributed by atoms with Crippen LogP contribution < -0.4 is 5.32 Å². The molecule has 0 bridgehead atoms. The van der Waals surface area contributed by atoms with Crippen LogP contribution in [0.2, 0.25) is 0 Å². The van der Waals surface area contributed by atoms with Crippen molar-refractivity contribution in [2.45, 2.75) is 57.1 Å². The van der Waals surface area contributed by atoms with E-state index in [9.17, 15) is 0 Å². The van der Waals surface area contributed by atoms with Crippen molar-refractivity contribution in [2.75, 3.05) is 26.4 Å². The van der Waals surface area contributed by atoms with Gasteiger partial charge >= 0.3 is 0 Å². The Balaban J connectivity index is 1.94. The van der Waals surface area contributed by atoms with Crippen molar-refractivity contribution >= 4 is 0 Å². The molecule has 0 aromatic carbocycles. The summed E-state index contributed by atoms with van der Waals surface area (Å²) in [7, 11) is 0. The molecule has 2 heterocycles. The molecule has 1 spiro atoms. The zero-order valence-corrected chi connectivity index (χ0v) is 12.3. The second-order valence-electron chi connectivity index (χ2n) is 5.98. The van der Waals surface area contributed by atoms with Gasteiger partial charge in [0.2, 0.25) is 0 Å². The number of hydrogen-bond donors (Lipinski definition) is 1. The van der Waals surface area contributed by atoms with Gasteiger partial charge in [0.15, 0.2) is 0 Å². The zero-order chi connectivity index (χ0) is 13.6. The molecule has 2 unspecified atom stereocenters. The highest BCUT2D eigenvalue weighted by molar-refractivity contribution is 4.94.